The number of carbonyl (C=O) groups is 1. The molecule has 0 saturated heterocycles. The van der Waals surface area contributed by atoms with Crippen molar-refractivity contribution in [2.75, 3.05) is 25.7 Å². The topological polar surface area (TPSA) is 94.1 Å². The lowest BCUT2D eigenvalue weighted by atomic mass is 9.71. The highest BCUT2D eigenvalue weighted by atomic mass is 32.2. The van der Waals surface area contributed by atoms with Gasteiger partial charge in [-0.05, 0) is 30.9 Å². The van der Waals surface area contributed by atoms with Crippen molar-refractivity contribution in [3.8, 4) is 0 Å². The normalized spacial score (nSPS) is 27.2. The number of anilines is 1. The van der Waals surface area contributed by atoms with Crippen molar-refractivity contribution in [1.29, 1.82) is 0 Å². The number of methoxy groups -OCH3 is 1. The largest absolute Gasteiger partial charge is 0.455 e. The van der Waals surface area contributed by atoms with Gasteiger partial charge in [0, 0.05) is 7.11 Å². The quantitative estimate of drug-likeness (QED) is 0.804. The maximum atomic E-state index is 12.6. The van der Waals surface area contributed by atoms with E-state index >= 15 is 0 Å². The molecule has 130 valence electrons. The Hall–Kier alpha value is -2.00. The number of para-hydroxylation sites is 1. The Kier molecular flexibility index (Phi) is 4.31. The smallest absolute Gasteiger partial charge is 0.338 e. The minimum absolute atomic E-state index is 0.00895. The van der Waals surface area contributed by atoms with Gasteiger partial charge < -0.3 is 14.8 Å². The molecule has 3 rings (SSSR count). The molecule has 1 aliphatic heterocycles. The third kappa shape index (κ3) is 2.89. The first-order valence-electron chi connectivity index (χ1n) is 7.38. The number of sulfonamides is 1. The first-order valence-corrected chi connectivity index (χ1v) is 8.82. The number of carbonyl (C=O) groups excluding carboxylic acids is 1. The van der Waals surface area contributed by atoms with E-state index in [-0.39, 0.29) is 36.1 Å². The van der Waals surface area contributed by atoms with Gasteiger partial charge in [-0.3, -0.25) is 4.39 Å². The average Bonchev–Trinajstić information content (AvgIpc) is 2.52. The van der Waals surface area contributed by atoms with Gasteiger partial charge in [-0.1, -0.05) is 12.1 Å². The van der Waals surface area contributed by atoms with E-state index in [1.807, 2.05) is 0 Å². The van der Waals surface area contributed by atoms with Crippen molar-refractivity contribution in [3.63, 3.8) is 0 Å². The maximum absolute atomic E-state index is 12.6. The van der Waals surface area contributed by atoms with Crippen LogP contribution in [0.1, 0.15) is 12.8 Å². The van der Waals surface area contributed by atoms with Crippen molar-refractivity contribution < 1.29 is 27.1 Å². The Balaban J connectivity index is 1.68. The van der Waals surface area contributed by atoms with Crippen molar-refractivity contribution in [3.05, 3.63) is 24.3 Å². The van der Waals surface area contributed by atoms with Crippen LogP contribution in [0.25, 0.3) is 0 Å². The van der Waals surface area contributed by atoms with Crippen LogP contribution in [-0.4, -0.2) is 46.2 Å². The molecule has 7 nitrogen and oxygen atoms in total. The number of nitrogens with zero attached hydrogens (tertiary/aromatic N) is 1. The molecule has 1 aromatic carbocycles. The van der Waals surface area contributed by atoms with Crippen LogP contribution in [-0.2, 0) is 24.3 Å². The molecule has 1 fully saturated rings. The van der Waals surface area contributed by atoms with Gasteiger partial charge in [-0.2, -0.15) is 8.42 Å². The molecule has 0 aromatic heterocycles. The second-order valence-corrected chi connectivity index (χ2v) is 7.41. The van der Waals surface area contributed by atoms with E-state index in [1.165, 1.54) is 13.2 Å². The highest BCUT2D eigenvalue weighted by molar-refractivity contribution is 7.90. The molecule has 1 aliphatic carbocycles. The Morgan fingerprint density at radius 3 is 2.79 bits per heavy atom. The Morgan fingerprint density at radius 1 is 1.42 bits per heavy atom. The van der Waals surface area contributed by atoms with Crippen LogP contribution in [0.15, 0.2) is 33.6 Å². The summed E-state index contributed by atoms with van der Waals surface area (Å²) in [5.74, 6) is -0.847. The first-order chi connectivity index (χ1) is 11.4. The van der Waals surface area contributed by atoms with Crippen LogP contribution in [0.5, 0.6) is 0 Å². The van der Waals surface area contributed by atoms with Crippen LogP contribution in [0.2, 0.25) is 0 Å². The van der Waals surface area contributed by atoms with Crippen molar-refractivity contribution in [2.45, 2.75) is 23.3 Å². The third-order valence-electron chi connectivity index (χ3n) is 4.23. The monoisotopic (exact) mass is 356 g/mol. The lowest BCUT2D eigenvalue weighted by Gasteiger charge is -2.42. The summed E-state index contributed by atoms with van der Waals surface area (Å²) >= 11 is 0. The molecular formula is C15H17FN2O5S. The standard InChI is InChI=1S/C15H17FN2O5S/c1-22-15(6-10(7-15)8-16)14(19)23-9-13-17-11-4-2-3-5-12(11)24(20,21)18-13/h2-5,10H,6-9H2,1H3,(H,17,18). The van der Waals surface area contributed by atoms with Crippen LogP contribution in [0, 0.1) is 5.92 Å². The van der Waals surface area contributed by atoms with Gasteiger partial charge in [-0.25, -0.2) is 4.79 Å². The fourth-order valence-electron chi connectivity index (χ4n) is 2.89. The van der Waals surface area contributed by atoms with Crippen molar-refractivity contribution in [2.24, 2.45) is 10.3 Å². The minimum atomic E-state index is -3.83. The van der Waals surface area contributed by atoms with E-state index in [2.05, 4.69) is 9.71 Å². The predicted octanol–water partition coefficient (Wildman–Crippen LogP) is 1.51. The van der Waals surface area contributed by atoms with E-state index in [0.717, 1.165) is 0 Å². The van der Waals surface area contributed by atoms with E-state index in [4.69, 9.17) is 9.47 Å². The minimum Gasteiger partial charge on any atom is -0.455 e. The molecule has 1 N–H and O–H groups in total. The molecular weight excluding hydrogens is 339 g/mol. The molecule has 2 aliphatic rings. The van der Waals surface area contributed by atoms with Crippen LogP contribution >= 0.6 is 0 Å². The lowest BCUT2D eigenvalue weighted by Crippen LogP contribution is -2.54. The summed E-state index contributed by atoms with van der Waals surface area (Å²) in [4.78, 5) is 12.3. The number of hydrogen-bond acceptors (Lipinski definition) is 6. The summed E-state index contributed by atoms with van der Waals surface area (Å²) in [6, 6.07) is 6.31. The van der Waals surface area contributed by atoms with E-state index < -0.39 is 28.3 Å². The van der Waals surface area contributed by atoms with Gasteiger partial charge in [0.1, 0.15) is 11.5 Å². The van der Waals surface area contributed by atoms with E-state index in [9.17, 15) is 17.6 Å². The number of rotatable bonds is 5. The van der Waals surface area contributed by atoms with Gasteiger partial charge in [0.15, 0.2) is 11.4 Å². The molecule has 1 saturated carbocycles. The molecule has 0 bridgehead atoms. The SMILES string of the molecule is COC1(C(=O)OCC2=NS(=O)(=O)c3ccccc3N2)CC(CF)C1. The highest BCUT2D eigenvalue weighted by Crippen LogP contribution is 2.41. The second kappa shape index (κ2) is 6.14. The number of amidine groups is 1. The number of benzene rings is 1. The van der Waals surface area contributed by atoms with Gasteiger partial charge in [-0.15, -0.1) is 4.40 Å². The predicted molar refractivity (Wildman–Crippen MR) is 84.1 cm³/mol. The Morgan fingerprint density at radius 2 is 2.12 bits per heavy atom. The molecule has 9 heteroatoms. The molecule has 1 heterocycles. The zero-order valence-electron chi connectivity index (χ0n) is 13.0. The number of fused-ring (bicyclic) bond motifs is 1. The van der Waals surface area contributed by atoms with Gasteiger partial charge >= 0.3 is 5.97 Å². The summed E-state index contributed by atoms with van der Waals surface area (Å²) in [5, 5.41) is 2.83. The molecule has 0 atom stereocenters. The number of ether oxygens (including phenoxy) is 2. The lowest BCUT2D eigenvalue weighted by molar-refractivity contribution is -0.186. The number of esters is 1. The zero-order chi connectivity index (χ0) is 17.4. The highest BCUT2D eigenvalue weighted by Gasteiger charge is 2.52. The van der Waals surface area contributed by atoms with Crippen molar-refractivity contribution >= 4 is 27.5 Å². The van der Waals surface area contributed by atoms with Crippen molar-refractivity contribution in [1.82, 2.24) is 0 Å². The van der Waals surface area contributed by atoms with E-state index in [1.54, 1.807) is 18.2 Å². The zero-order valence-corrected chi connectivity index (χ0v) is 13.8. The fraction of sp³-hybridized carbons (Fsp3) is 0.467. The molecule has 1 aromatic rings. The molecule has 0 spiro atoms. The summed E-state index contributed by atoms with van der Waals surface area (Å²) in [5.41, 5.74) is -0.774. The second-order valence-electron chi connectivity index (χ2n) is 5.84. The number of alkyl halides is 1. The third-order valence-corrected chi connectivity index (χ3v) is 5.60. The first kappa shape index (κ1) is 16.8. The Labute approximate surface area is 138 Å². The number of hydrogen-bond donors (Lipinski definition) is 1. The Bertz CT molecular complexity index is 787. The summed E-state index contributed by atoms with van der Waals surface area (Å²) in [7, 11) is -2.46. The van der Waals surface area contributed by atoms with Crippen LogP contribution in [0.4, 0.5) is 10.1 Å². The average molecular weight is 356 g/mol. The molecule has 0 amide bonds. The number of halogens is 1. The summed E-state index contributed by atoms with van der Waals surface area (Å²) < 4.78 is 50.7. The fourth-order valence-corrected chi connectivity index (χ4v) is 4.03. The van der Waals surface area contributed by atoms with Gasteiger partial charge in [0.2, 0.25) is 0 Å². The van der Waals surface area contributed by atoms with Crippen LogP contribution in [0.3, 0.4) is 0 Å². The summed E-state index contributed by atoms with van der Waals surface area (Å²) in [6.07, 6.45) is 0.500. The van der Waals surface area contributed by atoms with Gasteiger partial charge in [0.05, 0.1) is 12.4 Å². The maximum Gasteiger partial charge on any atom is 0.338 e. The molecule has 24 heavy (non-hydrogen) atoms. The number of nitrogens with one attached hydrogen (secondary N) is 1. The van der Waals surface area contributed by atoms with Gasteiger partial charge in [0.25, 0.3) is 10.0 Å². The van der Waals surface area contributed by atoms with E-state index in [0.29, 0.717) is 5.69 Å². The summed E-state index contributed by atoms with van der Waals surface area (Å²) in [6.45, 7) is -0.848. The molecule has 0 unspecified atom stereocenters. The molecule has 0 radical (unpaired) electrons. The van der Waals surface area contributed by atoms with Crippen LogP contribution < -0.4 is 5.32 Å².